The molecular formula is C26H28O15. The molecule has 9 atom stereocenters. The first kappa shape index (κ1) is 29.0. The van der Waals surface area contributed by atoms with E-state index >= 15 is 0 Å². The van der Waals surface area contributed by atoms with E-state index in [9.17, 15) is 50.8 Å². The molecule has 2 aliphatic rings. The third-order valence-electron chi connectivity index (χ3n) is 6.93. The summed E-state index contributed by atoms with van der Waals surface area (Å²) in [5.74, 6) is -2.26. The van der Waals surface area contributed by atoms with Crippen LogP contribution in [0.15, 0.2) is 45.6 Å². The lowest BCUT2D eigenvalue weighted by atomic mass is 9.99. The average molecular weight is 580 g/mol. The summed E-state index contributed by atoms with van der Waals surface area (Å²) in [4.78, 5) is 13.0. The maximum atomic E-state index is 13.0. The maximum absolute atomic E-state index is 13.0. The fraction of sp³-hybridized carbons (Fsp3) is 0.423. The SMILES string of the molecule is O=c1cc(-c2ccc(O)cc2)oc2cc(O)c(OC3O[C@H](CO)[C@@H](O)[C@H](O)[C@H]3OC3O[C@H](CO)[C@@H](O)[C@@H]3O)c(O)c12. The summed E-state index contributed by atoms with van der Waals surface area (Å²) < 4.78 is 27.6. The Labute approximate surface area is 230 Å². The van der Waals surface area contributed by atoms with Gasteiger partial charge < -0.3 is 69.3 Å². The van der Waals surface area contributed by atoms with Gasteiger partial charge in [-0.3, -0.25) is 4.79 Å². The fourth-order valence-corrected chi connectivity index (χ4v) is 4.70. The van der Waals surface area contributed by atoms with Crippen LogP contribution in [0.3, 0.4) is 0 Å². The van der Waals surface area contributed by atoms with Crippen LogP contribution in [-0.2, 0) is 14.2 Å². The first-order valence-corrected chi connectivity index (χ1v) is 12.4. The Bertz CT molecular complexity index is 1440. The zero-order valence-corrected chi connectivity index (χ0v) is 21.0. The molecule has 0 saturated carbocycles. The molecule has 2 aromatic carbocycles. The van der Waals surface area contributed by atoms with Crippen LogP contribution in [0.2, 0.25) is 0 Å². The molecule has 15 heteroatoms. The van der Waals surface area contributed by atoms with Crippen molar-refractivity contribution < 1.29 is 69.3 Å². The minimum absolute atomic E-state index is 0.0133. The highest BCUT2D eigenvalue weighted by Gasteiger charge is 2.51. The smallest absolute Gasteiger partial charge is 0.230 e. The van der Waals surface area contributed by atoms with Gasteiger partial charge in [0, 0.05) is 17.7 Å². The van der Waals surface area contributed by atoms with Gasteiger partial charge >= 0.3 is 0 Å². The number of aliphatic hydroxyl groups excluding tert-OH is 6. The number of phenolic OH excluding ortho intramolecular Hbond substituents is 3. The molecule has 1 aromatic heterocycles. The summed E-state index contributed by atoms with van der Waals surface area (Å²) in [6.07, 6.45) is -14.7. The normalized spacial score (nSPS) is 31.9. The molecule has 2 saturated heterocycles. The average Bonchev–Trinajstić information content (AvgIpc) is 3.22. The van der Waals surface area contributed by atoms with Crippen LogP contribution < -0.4 is 10.2 Å². The Morgan fingerprint density at radius 2 is 1.39 bits per heavy atom. The van der Waals surface area contributed by atoms with Crippen LogP contribution >= 0.6 is 0 Å². The molecule has 0 amide bonds. The van der Waals surface area contributed by atoms with Crippen LogP contribution in [0, 0.1) is 0 Å². The van der Waals surface area contributed by atoms with E-state index in [1.54, 1.807) is 0 Å². The van der Waals surface area contributed by atoms with Gasteiger partial charge in [-0.2, -0.15) is 0 Å². The van der Waals surface area contributed by atoms with E-state index in [0.717, 1.165) is 12.1 Å². The first-order valence-electron chi connectivity index (χ1n) is 12.4. The van der Waals surface area contributed by atoms with E-state index in [2.05, 4.69) is 0 Å². The molecule has 222 valence electrons. The number of phenols is 3. The molecule has 3 heterocycles. The predicted octanol–water partition coefficient (Wildman–Crippen LogP) is -1.78. The maximum Gasteiger partial charge on any atom is 0.230 e. The molecule has 2 fully saturated rings. The standard InChI is InChI=1S/C26H28O15/c27-7-15-18(32)21(35)24(41-25-22(36)19(33)16(8-28)38-25)26(39-15)40-23-12(31)6-14-17(20(23)34)11(30)5-13(37-14)9-1-3-10(29)4-2-9/h1-6,15-16,18-19,21-22,24-29,31-36H,7-8H2/t15-,16-,18-,19-,21+,22+,24-,25?,26?/m1/s1. The first-order chi connectivity index (χ1) is 19.5. The Morgan fingerprint density at radius 3 is 2.02 bits per heavy atom. The number of hydrogen-bond acceptors (Lipinski definition) is 15. The third-order valence-corrected chi connectivity index (χ3v) is 6.93. The summed E-state index contributed by atoms with van der Waals surface area (Å²) in [6.45, 7) is -1.47. The number of aliphatic hydroxyl groups is 6. The monoisotopic (exact) mass is 580 g/mol. The highest BCUT2D eigenvalue weighted by molar-refractivity contribution is 5.89. The number of ether oxygens (including phenoxy) is 4. The molecule has 2 aliphatic heterocycles. The topological polar surface area (TPSA) is 249 Å². The Balaban J connectivity index is 1.49. The lowest BCUT2D eigenvalue weighted by Gasteiger charge is -2.42. The molecule has 9 N–H and O–H groups in total. The Morgan fingerprint density at radius 1 is 0.780 bits per heavy atom. The van der Waals surface area contributed by atoms with Gasteiger partial charge in [-0.15, -0.1) is 0 Å². The van der Waals surface area contributed by atoms with Gasteiger partial charge in [0.05, 0.1) is 13.2 Å². The van der Waals surface area contributed by atoms with Gasteiger partial charge in [0.1, 0.15) is 59.1 Å². The van der Waals surface area contributed by atoms with Gasteiger partial charge in [0.15, 0.2) is 29.3 Å². The number of benzene rings is 2. The molecule has 41 heavy (non-hydrogen) atoms. The second-order valence-corrected chi connectivity index (χ2v) is 9.60. The van der Waals surface area contributed by atoms with Crippen molar-refractivity contribution in [3.8, 4) is 34.3 Å². The fourth-order valence-electron chi connectivity index (χ4n) is 4.70. The van der Waals surface area contributed by atoms with E-state index in [4.69, 9.17) is 23.4 Å². The second-order valence-electron chi connectivity index (χ2n) is 9.60. The van der Waals surface area contributed by atoms with Crippen molar-refractivity contribution in [2.75, 3.05) is 13.2 Å². The molecule has 3 aromatic rings. The van der Waals surface area contributed by atoms with Crippen molar-refractivity contribution in [2.24, 2.45) is 0 Å². The summed E-state index contributed by atoms with van der Waals surface area (Å²) in [5.41, 5.74) is -0.538. The summed E-state index contributed by atoms with van der Waals surface area (Å²) in [5, 5.41) is 91.1. The second kappa shape index (κ2) is 11.4. The minimum Gasteiger partial charge on any atom is -0.508 e. The zero-order valence-electron chi connectivity index (χ0n) is 21.0. The molecule has 2 unspecified atom stereocenters. The van der Waals surface area contributed by atoms with Crippen LogP contribution in [0.1, 0.15) is 0 Å². The van der Waals surface area contributed by atoms with Gasteiger partial charge in [-0.25, -0.2) is 0 Å². The van der Waals surface area contributed by atoms with Crippen molar-refractivity contribution in [3.63, 3.8) is 0 Å². The number of rotatable bonds is 7. The Kier molecular flexibility index (Phi) is 8.06. The van der Waals surface area contributed by atoms with Crippen LogP contribution in [-0.4, -0.2) is 114 Å². The Hall–Kier alpha value is -3.51. The molecular weight excluding hydrogens is 552 g/mol. The van der Waals surface area contributed by atoms with Crippen LogP contribution in [0.4, 0.5) is 0 Å². The highest BCUT2D eigenvalue weighted by Crippen LogP contribution is 2.43. The molecule has 15 nitrogen and oxygen atoms in total. The number of aromatic hydroxyl groups is 3. The van der Waals surface area contributed by atoms with Crippen LogP contribution in [0.5, 0.6) is 23.0 Å². The number of fused-ring (bicyclic) bond motifs is 1. The van der Waals surface area contributed by atoms with Crippen molar-refractivity contribution in [3.05, 3.63) is 46.6 Å². The highest BCUT2D eigenvalue weighted by atomic mass is 16.8. The van der Waals surface area contributed by atoms with Crippen molar-refractivity contribution >= 4 is 11.0 Å². The predicted molar refractivity (Wildman–Crippen MR) is 134 cm³/mol. The molecule has 0 aliphatic carbocycles. The molecule has 0 radical (unpaired) electrons. The summed E-state index contributed by atoms with van der Waals surface area (Å²) in [6, 6.07) is 7.78. The number of hydrogen-bond donors (Lipinski definition) is 9. The van der Waals surface area contributed by atoms with Crippen LogP contribution in [0.25, 0.3) is 22.3 Å². The van der Waals surface area contributed by atoms with Crippen molar-refractivity contribution in [2.45, 2.75) is 55.3 Å². The summed E-state index contributed by atoms with van der Waals surface area (Å²) >= 11 is 0. The quantitative estimate of drug-likeness (QED) is 0.150. The lowest BCUT2D eigenvalue weighted by Crippen LogP contribution is -2.62. The van der Waals surface area contributed by atoms with Crippen molar-refractivity contribution in [1.29, 1.82) is 0 Å². The van der Waals surface area contributed by atoms with Crippen molar-refractivity contribution in [1.82, 2.24) is 0 Å². The van der Waals surface area contributed by atoms with E-state index < -0.39 is 96.6 Å². The van der Waals surface area contributed by atoms with Gasteiger partial charge in [0.2, 0.25) is 12.0 Å². The third kappa shape index (κ3) is 5.30. The van der Waals surface area contributed by atoms with E-state index in [1.807, 2.05) is 0 Å². The zero-order chi connectivity index (χ0) is 29.6. The largest absolute Gasteiger partial charge is 0.508 e. The van der Waals surface area contributed by atoms with Gasteiger partial charge in [-0.05, 0) is 24.3 Å². The minimum atomic E-state index is -1.85. The molecule has 5 rings (SSSR count). The van der Waals surface area contributed by atoms with Gasteiger partial charge in [0.25, 0.3) is 0 Å². The van der Waals surface area contributed by atoms with E-state index in [0.29, 0.717) is 5.56 Å². The van der Waals surface area contributed by atoms with Gasteiger partial charge in [-0.1, -0.05) is 0 Å². The molecule has 0 spiro atoms. The lowest BCUT2D eigenvalue weighted by molar-refractivity contribution is -0.320. The van der Waals surface area contributed by atoms with E-state index in [1.165, 1.54) is 24.3 Å². The van der Waals surface area contributed by atoms with E-state index in [-0.39, 0.29) is 17.1 Å². The molecule has 0 bridgehead atoms. The summed E-state index contributed by atoms with van der Waals surface area (Å²) in [7, 11) is 0.